The number of benzene rings is 1. The number of rotatable bonds is 4. The molecule has 0 spiro atoms. The Kier molecular flexibility index (Phi) is 4.61. The van der Waals surface area contributed by atoms with E-state index in [1.807, 2.05) is 0 Å². The van der Waals surface area contributed by atoms with E-state index < -0.39 is 0 Å². The normalized spacial score (nSPS) is 26.8. The first kappa shape index (κ1) is 17.0. The summed E-state index contributed by atoms with van der Waals surface area (Å²) in [5.41, 5.74) is 1.94. The van der Waals surface area contributed by atoms with Crippen LogP contribution in [0.3, 0.4) is 0 Å². The van der Waals surface area contributed by atoms with E-state index in [4.69, 9.17) is 9.31 Å². The second kappa shape index (κ2) is 6.23. The first-order valence-corrected chi connectivity index (χ1v) is 9.01. The van der Waals surface area contributed by atoms with E-state index in [1.165, 1.54) is 31.4 Å². The summed E-state index contributed by atoms with van der Waals surface area (Å²) in [6, 6.07) is 9.54. The molecule has 0 radical (unpaired) electrons. The van der Waals surface area contributed by atoms with Gasteiger partial charge < -0.3 is 9.31 Å². The maximum absolute atomic E-state index is 6.13. The Morgan fingerprint density at radius 1 is 1.09 bits per heavy atom. The van der Waals surface area contributed by atoms with Gasteiger partial charge in [0.05, 0.1) is 11.2 Å². The fraction of sp³-hybridized carbons (Fsp3) is 0.684. The molecule has 0 amide bonds. The second-order valence-corrected chi connectivity index (χ2v) is 8.00. The second-order valence-electron chi connectivity index (χ2n) is 8.00. The van der Waals surface area contributed by atoms with E-state index in [1.54, 1.807) is 0 Å². The minimum absolute atomic E-state index is 0.260. The lowest BCUT2D eigenvalue weighted by atomic mass is 9.79. The van der Waals surface area contributed by atoms with Crippen LogP contribution in [-0.2, 0) is 15.9 Å². The molecule has 0 N–H and O–H groups in total. The summed E-state index contributed by atoms with van der Waals surface area (Å²) in [6.45, 7) is 13.0. The standard InChI is InChI=1S/C19H30BNO2/c1-6-17-8-7-13-21(17)14-15-9-11-16(12-10-15)20-22-18(2,3)19(4,5)23-20/h9-12,17H,6-8,13-14H2,1-5H3. The lowest BCUT2D eigenvalue weighted by molar-refractivity contribution is 0.00578. The first-order chi connectivity index (χ1) is 10.8. The van der Waals surface area contributed by atoms with E-state index in [2.05, 4.69) is 63.8 Å². The van der Waals surface area contributed by atoms with Crippen molar-refractivity contribution in [3.8, 4) is 0 Å². The molecule has 3 nitrogen and oxygen atoms in total. The van der Waals surface area contributed by atoms with Crippen molar-refractivity contribution in [1.29, 1.82) is 0 Å². The van der Waals surface area contributed by atoms with E-state index in [9.17, 15) is 0 Å². The lowest BCUT2D eigenvalue weighted by Crippen LogP contribution is -2.41. The van der Waals surface area contributed by atoms with Crippen molar-refractivity contribution in [3.05, 3.63) is 29.8 Å². The highest BCUT2D eigenvalue weighted by molar-refractivity contribution is 6.62. The van der Waals surface area contributed by atoms with Crippen LogP contribution in [0.25, 0.3) is 0 Å². The number of nitrogens with zero attached hydrogens (tertiary/aromatic N) is 1. The Labute approximate surface area is 141 Å². The minimum atomic E-state index is -0.278. The van der Waals surface area contributed by atoms with Crippen LogP contribution in [-0.4, -0.2) is 35.8 Å². The predicted octanol–water partition coefficient (Wildman–Crippen LogP) is 3.36. The fourth-order valence-corrected chi connectivity index (χ4v) is 3.56. The van der Waals surface area contributed by atoms with Crippen molar-refractivity contribution >= 4 is 12.6 Å². The molecule has 2 aliphatic rings. The SMILES string of the molecule is CCC1CCCN1Cc1ccc(B2OC(C)(C)C(C)(C)O2)cc1. The monoisotopic (exact) mass is 315 g/mol. The van der Waals surface area contributed by atoms with E-state index >= 15 is 0 Å². The molecule has 2 saturated heterocycles. The Bertz CT molecular complexity index is 525. The van der Waals surface area contributed by atoms with Gasteiger partial charge in [0.2, 0.25) is 0 Å². The van der Waals surface area contributed by atoms with Crippen LogP contribution in [0.1, 0.15) is 59.4 Å². The topological polar surface area (TPSA) is 21.7 Å². The third kappa shape index (κ3) is 3.35. The van der Waals surface area contributed by atoms with Gasteiger partial charge in [-0.15, -0.1) is 0 Å². The van der Waals surface area contributed by atoms with Crippen LogP contribution in [0.15, 0.2) is 24.3 Å². The fourth-order valence-electron chi connectivity index (χ4n) is 3.56. The van der Waals surface area contributed by atoms with Crippen LogP contribution in [0, 0.1) is 0 Å². The van der Waals surface area contributed by atoms with E-state index in [0.29, 0.717) is 0 Å². The Morgan fingerprint density at radius 3 is 2.26 bits per heavy atom. The molecule has 0 aliphatic carbocycles. The molecule has 0 saturated carbocycles. The molecular formula is C19H30BNO2. The summed E-state index contributed by atoms with van der Waals surface area (Å²) in [5.74, 6) is 0. The molecule has 2 heterocycles. The molecule has 126 valence electrons. The smallest absolute Gasteiger partial charge is 0.399 e. The zero-order valence-corrected chi connectivity index (χ0v) is 15.3. The number of likely N-dealkylation sites (tertiary alicyclic amines) is 1. The van der Waals surface area contributed by atoms with Gasteiger partial charge in [-0.25, -0.2) is 0 Å². The van der Waals surface area contributed by atoms with E-state index in [-0.39, 0.29) is 18.3 Å². The molecule has 2 aliphatic heterocycles. The highest BCUT2D eigenvalue weighted by atomic mass is 16.7. The maximum atomic E-state index is 6.13. The zero-order chi connectivity index (χ0) is 16.7. The van der Waals surface area contributed by atoms with Gasteiger partial charge in [-0.05, 0) is 64.5 Å². The van der Waals surface area contributed by atoms with Crippen molar-refractivity contribution in [2.45, 2.75) is 77.7 Å². The lowest BCUT2D eigenvalue weighted by Gasteiger charge is -2.32. The summed E-state index contributed by atoms with van der Waals surface area (Å²) < 4.78 is 12.3. The summed E-state index contributed by atoms with van der Waals surface area (Å²) in [6.07, 6.45) is 3.94. The van der Waals surface area contributed by atoms with Crippen molar-refractivity contribution < 1.29 is 9.31 Å². The summed E-state index contributed by atoms with van der Waals surface area (Å²) in [7, 11) is -0.260. The maximum Gasteiger partial charge on any atom is 0.494 e. The molecule has 3 rings (SSSR count). The quantitative estimate of drug-likeness (QED) is 0.795. The Morgan fingerprint density at radius 2 is 1.70 bits per heavy atom. The molecule has 1 aromatic carbocycles. The van der Waals surface area contributed by atoms with Crippen LogP contribution in [0.2, 0.25) is 0 Å². The molecule has 1 unspecified atom stereocenters. The largest absolute Gasteiger partial charge is 0.494 e. The Balaban J connectivity index is 1.66. The minimum Gasteiger partial charge on any atom is -0.399 e. The van der Waals surface area contributed by atoms with Crippen LogP contribution < -0.4 is 5.46 Å². The average molecular weight is 315 g/mol. The molecule has 2 fully saturated rings. The van der Waals surface area contributed by atoms with Crippen LogP contribution in [0.4, 0.5) is 0 Å². The van der Waals surface area contributed by atoms with Crippen molar-refractivity contribution in [2.24, 2.45) is 0 Å². The average Bonchev–Trinajstić information content (AvgIpc) is 3.02. The third-order valence-electron chi connectivity index (χ3n) is 5.86. The highest BCUT2D eigenvalue weighted by Crippen LogP contribution is 2.36. The molecule has 1 aromatic rings. The predicted molar refractivity (Wildman–Crippen MR) is 95.9 cm³/mol. The summed E-state index contributed by atoms with van der Waals surface area (Å²) in [4.78, 5) is 2.61. The van der Waals surface area contributed by atoms with Gasteiger partial charge in [0.1, 0.15) is 0 Å². The molecule has 0 bridgehead atoms. The first-order valence-electron chi connectivity index (χ1n) is 9.01. The highest BCUT2D eigenvalue weighted by Gasteiger charge is 2.51. The van der Waals surface area contributed by atoms with Gasteiger partial charge in [0.25, 0.3) is 0 Å². The molecule has 1 atom stereocenters. The third-order valence-corrected chi connectivity index (χ3v) is 5.86. The van der Waals surface area contributed by atoms with Gasteiger partial charge in [-0.3, -0.25) is 4.90 Å². The molecule has 4 heteroatoms. The molecular weight excluding hydrogens is 285 g/mol. The van der Waals surface area contributed by atoms with Gasteiger partial charge in [-0.2, -0.15) is 0 Å². The zero-order valence-electron chi connectivity index (χ0n) is 15.3. The Hall–Kier alpha value is -0.835. The molecule has 23 heavy (non-hydrogen) atoms. The number of hydrogen-bond acceptors (Lipinski definition) is 3. The van der Waals surface area contributed by atoms with Crippen molar-refractivity contribution in [3.63, 3.8) is 0 Å². The summed E-state index contributed by atoms with van der Waals surface area (Å²) in [5, 5.41) is 0. The van der Waals surface area contributed by atoms with Gasteiger partial charge in [-0.1, -0.05) is 31.2 Å². The molecule has 0 aromatic heterocycles. The van der Waals surface area contributed by atoms with Crippen molar-refractivity contribution in [1.82, 2.24) is 4.90 Å². The van der Waals surface area contributed by atoms with Crippen LogP contribution in [0.5, 0.6) is 0 Å². The van der Waals surface area contributed by atoms with E-state index in [0.717, 1.165) is 18.0 Å². The van der Waals surface area contributed by atoms with Gasteiger partial charge in [0, 0.05) is 12.6 Å². The van der Waals surface area contributed by atoms with Crippen LogP contribution >= 0.6 is 0 Å². The van der Waals surface area contributed by atoms with Gasteiger partial charge in [0.15, 0.2) is 0 Å². The van der Waals surface area contributed by atoms with Gasteiger partial charge >= 0.3 is 7.12 Å². The number of hydrogen-bond donors (Lipinski definition) is 0. The van der Waals surface area contributed by atoms with Crippen molar-refractivity contribution in [2.75, 3.05) is 6.54 Å². The summed E-state index contributed by atoms with van der Waals surface area (Å²) >= 11 is 0.